The summed E-state index contributed by atoms with van der Waals surface area (Å²) in [7, 11) is 0. The van der Waals surface area contributed by atoms with E-state index in [1.807, 2.05) is 56.3 Å². The number of hydrogen-bond donors (Lipinski definition) is 2. The molecule has 1 aromatic heterocycles. The quantitative estimate of drug-likeness (QED) is 0.682. The number of anilines is 4. The lowest BCUT2D eigenvalue weighted by Crippen LogP contribution is -2.01. The molecule has 0 saturated heterocycles. The first-order chi connectivity index (χ1) is 12.7. The first-order valence-electron chi connectivity index (χ1n) is 8.29. The molecule has 2 N–H and O–H groups in total. The fourth-order valence-electron chi connectivity index (χ4n) is 2.42. The third-order valence-corrected chi connectivity index (χ3v) is 3.56. The van der Waals surface area contributed by atoms with Gasteiger partial charge in [-0.05, 0) is 62.4 Å². The van der Waals surface area contributed by atoms with Gasteiger partial charge in [0.1, 0.15) is 23.2 Å². The zero-order valence-electron chi connectivity index (χ0n) is 14.7. The van der Waals surface area contributed by atoms with E-state index in [-0.39, 0.29) is 0 Å². The van der Waals surface area contributed by atoms with E-state index < -0.39 is 0 Å². The number of aryl methyl sites for hydroxylation is 1. The van der Waals surface area contributed by atoms with Gasteiger partial charge in [-0.3, -0.25) is 0 Å². The molecule has 0 aliphatic heterocycles. The van der Waals surface area contributed by atoms with Crippen molar-refractivity contribution in [1.29, 1.82) is 5.26 Å². The lowest BCUT2D eigenvalue weighted by atomic mass is 10.2. The number of ether oxygens (including phenoxy) is 1. The van der Waals surface area contributed by atoms with Crippen LogP contribution in [0.1, 0.15) is 18.3 Å². The second kappa shape index (κ2) is 7.99. The zero-order chi connectivity index (χ0) is 18.4. The van der Waals surface area contributed by atoms with Crippen molar-refractivity contribution >= 4 is 23.0 Å². The first kappa shape index (κ1) is 17.2. The van der Waals surface area contributed by atoms with Crippen molar-refractivity contribution in [2.75, 3.05) is 17.2 Å². The second-order valence-electron chi connectivity index (χ2n) is 5.58. The van der Waals surface area contributed by atoms with Crippen LogP contribution in [0.2, 0.25) is 0 Å². The van der Waals surface area contributed by atoms with Gasteiger partial charge in [0.25, 0.3) is 0 Å². The molecule has 0 aliphatic rings. The van der Waals surface area contributed by atoms with E-state index in [4.69, 9.17) is 10.00 Å². The summed E-state index contributed by atoms with van der Waals surface area (Å²) in [6, 6.07) is 18.8. The Balaban J connectivity index is 1.75. The molecule has 2 aromatic carbocycles. The minimum Gasteiger partial charge on any atom is -0.494 e. The molecule has 0 fully saturated rings. The largest absolute Gasteiger partial charge is 0.494 e. The minimum absolute atomic E-state index is 0.618. The number of hydrogen-bond acceptors (Lipinski definition) is 6. The molecule has 0 atom stereocenters. The van der Waals surface area contributed by atoms with Gasteiger partial charge < -0.3 is 15.4 Å². The summed E-state index contributed by atoms with van der Waals surface area (Å²) in [5.41, 5.74) is 2.39. The van der Waals surface area contributed by atoms with Crippen LogP contribution in [0.3, 0.4) is 0 Å². The predicted octanol–water partition coefficient (Wildman–Crippen LogP) is 4.54. The maximum atomic E-state index is 8.87. The molecule has 0 aliphatic carbocycles. The highest BCUT2D eigenvalue weighted by Gasteiger charge is 2.04. The van der Waals surface area contributed by atoms with Gasteiger partial charge in [0.05, 0.1) is 18.2 Å². The highest BCUT2D eigenvalue weighted by Crippen LogP contribution is 2.22. The van der Waals surface area contributed by atoms with Crippen molar-refractivity contribution < 1.29 is 4.74 Å². The predicted molar refractivity (Wildman–Crippen MR) is 102 cm³/mol. The summed E-state index contributed by atoms with van der Waals surface area (Å²) in [4.78, 5) is 8.82. The van der Waals surface area contributed by atoms with Crippen molar-refractivity contribution in [3.05, 3.63) is 66.0 Å². The van der Waals surface area contributed by atoms with E-state index in [1.54, 1.807) is 12.1 Å². The Labute approximate surface area is 152 Å². The summed E-state index contributed by atoms with van der Waals surface area (Å²) in [6.07, 6.45) is 0. The van der Waals surface area contributed by atoms with Crippen LogP contribution in [0, 0.1) is 18.3 Å². The average molecular weight is 345 g/mol. The van der Waals surface area contributed by atoms with Crippen LogP contribution in [0.4, 0.5) is 23.0 Å². The standard InChI is InChI=1S/C20H19N5O/c1-3-26-18-10-8-17(9-11-18)25-20-12-19(22-14(2)23-20)24-16-6-4-15(13-21)5-7-16/h4-12H,3H2,1-2H3,(H2,22,23,24,25). The third kappa shape index (κ3) is 4.48. The maximum Gasteiger partial charge on any atom is 0.136 e. The van der Waals surface area contributed by atoms with Gasteiger partial charge in [0, 0.05) is 17.4 Å². The molecule has 0 unspecified atom stereocenters. The van der Waals surface area contributed by atoms with E-state index in [9.17, 15) is 0 Å². The van der Waals surface area contributed by atoms with Crippen LogP contribution in [-0.2, 0) is 0 Å². The number of nitriles is 1. The van der Waals surface area contributed by atoms with Gasteiger partial charge in [-0.2, -0.15) is 5.26 Å². The minimum atomic E-state index is 0.618. The Hall–Kier alpha value is -3.59. The molecular formula is C20H19N5O. The third-order valence-electron chi connectivity index (χ3n) is 3.56. The summed E-state index contributed by atoms with van der Waals surface area (Å²) in [5, 5.41) is 15.4. The highest BCUT2D eigenvalue weighted by molar-refractivity contribution is 5.64. The number of aromatic nitrogens is 2. The fraction of sp³-hybridized carbons (Fsp3) is 0.150. The Kier molecular flexibility index (Phi) is 5.30. The molecule has 0 amide bonds. The Morgan fingerprint density at radius 2 is 1.46 bits per heavy atom. The van der Waals surface area contributed by atoms with Gasteiger partial charge >= 0.3 is 0 Å². The lowest BCUT2D eigenvalue weighted by Gasteiger charge is -2.11. The number of rotatable bonds is 6. The van der Waals surface area contributed by atoms with Crippen LogP contribution in [0.15, 0.2) is 54.6 Å². The van der Waals surface area contributed by atoms with Crippen molar-refractivity contribution in [2.45, 2.75) is 13.8 Å². The van der Waals surface area contributed by atoms with Gasteiger partial charge in [0.2, 0.25) is 0 Å². The van der Waals surface area contributed by atoms with E-state index in [0.717, 1.165) is 17.1 Å². The van der Waals surface area contributed by atoms with Crippen LogP contribution in [-0.4, -0.2) is 16.6 Å². The van der Waals surface area contributed by atoms with E-state index >= 15 is 0 Å². The summed E-state index contributed by atoms with van der Waals surface area (Å²) >= 11 is 0. The zero-order valence-corrected chi connectivity index (χ0v) is 14.7. The molecule has 0 bridgehead atoms. The van der Waals surface area contributed by atoms with Crippen LogP contribution >= 0.6 is 0 Å². The van der Waals surface area contributed by atoms with Gasteiger partial charge in [-0.15, -0.1) is 0 Å². The number of benzene rings is 2. The highest BCUT2D eigenvalue weighted by atomic mass is 16.5. The first-order valence-corrected chi connectivity index (χ1v) is 8.29. The molecule has 3 rings (SSSR count). The van der Waals surface area contributed by atoms with Crippen molar-refractivity contribution in [3.63, 3.8) is 0 Å². The van der Waals surface area contributed by atoms with Crippen molar-refractivity contribution in [3.8, 4) is 11.8 Å². The van der Waals surface area contributed by atoms with Crippen LogP contribution in [0.25, 0.3) is 0 Å². The molecule has 6 heteroatoms. The summed E-state index contributed by atoms with van der Waals surface area (Å²) in [5.74, 6) is 2.85. The van der Waals surface area contributed by atoms with E-state index in [0.29, 0.717) is 29.6 Å². The molecule has 26 heavy (non-hydrogen) atoms. The Bertz CT molecular complexity index is 914. The Morgan fingerprint density at radius 3 is 1.96 bits per heavy atom. The molecule has 130 valence electrons. The normalized spacial score (nSPS) is 10.0. The molecule has 6 nitrogen and oxygen atoms in total. The van der Waals surface area contributed by atoms with Crippen molar-refractivity contribution in [1.82, 2.24) is 9.97 Å². The fourth-order valence-corrected chi connectivity index (χ4v) is 2.42. The molecule has 0 radical (unpaired) electrons. The van der Waals surface area contributed by atoms with Gasteiger partial charge in [0.15, 0.2) is 0 Å². The molecule has 3 aromatic rings. The monoisotopic (exact) mass is 345 g/mol. The van der Waals surface area contributed by atoms with Crippen molar-refractivity contribution in [2.24, 2.45) is 0 Å². The topological polar surface area (TPSA) is 82.9 Å². The van der Waals surface area contributed by atoms with E-state index in [1.165, 1.54) is 0 Å². The molecule has 0 saturated carbocycles. The Morgan fingerprint density at radius 1 is 0.923 bits per heavy atom. The number of nitrogens with one attached hydrogen (secondary N) is 2. The second-order valence-corrected chi connectivity index (χ2v) is 5.58. The summed E-state index contributed by atoms with van der Waals surface area (Å²) < 4.78 is 5.45. The van der Waals surface area contributed by atoms with Gasteiger partial charge in [-0.1, -0.05) is 0 Å². The van der Waals surface area contributed by atoms with Crippen LogP contribution < -0.4 is 15.4 Å². The van der Waals surface area contributed by atoms with Crippen LogP contribution in [0.5, 0.6) is 5.75 Å². The molecule has 0 spiro atoms. The smallest absolute Gasteiger partial charge is 0.136 e. The summed E-state index contributed by atoms with van der Waals surface area (Å²) in [6.45, 7) is 4.44. The lowest BCUT2D eigenvalue weighted by molar-refractivity contribution is 0.340. The SMILES string of the molecule is CCOc1ccc(Nc2cc(Nc3ccc(C#N)cc3)nc(C)n2)cc1. The van der Waals surface area contributed by atoms with E-state index in [2.05, 4.69) is 26.7 Å². The molecule has 1 heterocycles. The number of nitrogens with zero attached hydrogens (tertiary/aromatic N) is 3. The average Bonchev–Trinajstić information content (AvgIpc) is 2.64. The van der Waals surface area contributed by atoms with Gasteiger partial charge in [-0.25, -0.2) is 9.97 Å². The maximum absolute atomic E-state index is 8.87. The molecular weight excluding hydrogens is 326 g/mol.